The van der Waals surface area contributed by atoms with Crippen LogP contribution in [0.3, 0.4) is 0 Å². The number of ether oxygens (including phenoxy) is 1. The number of carbonyl (C=O) groups excluding carboxylic acids is 2. The van der Waals surface area contributed by atoms with Gasteiger partial charge >= 0.3 is 0 Å². The number of nitrogens with zero attached hydrogens (tertiary/aromatic N) is 2. The van der Waals surface area contributed by atoms with Crippen LogP contribution >= 0.6 is 0 Å². The number of hydrazone groups is 1. The van der Waals surface area contributed by atoms with Crippen LogP contribution in [0.4, 0.5) is 5.69 Å². The highest BCUT2D eigenvalue weighted by Crippen LogP contribution is 2.29. The zero-order valence-corrected chi connectivity index (χ0v) is 14.5. The van der Waals surface area contributed by atoms with E-state index >= 15 is 0 Å². The van der Waals surface area contributed by atoms with Crippen molar-refractivity contribution in [3.63, 3.8) is 0 Å². The molecule has 0 atom stereocenters. The lowest BCUT2D eigenvalue weighted by Crippen LogP contribution is -2.49. The van der Waals surface area contributed by atoms with Crippen molar-refractivity contribution in [3.05, 3.63) is 29.8 Å². The second kappa shape index (κ2) is 7.23. The van der Waals surface area contributed by atoms with Gasteiger partial charge in [-0.2, -0.15) is 5.10 Å². The number of hydrogen-bond acceptors (Lipinski definition) is 5. The molecule has 0 aromatic heterocycles. The predicted octanol–water partition coefficient (Wildman–Crippen LogP) is 1.28. The normalized spacial score (nSPS) is 19.4. The Morgan fingerprint density at radius 2 is 1.96 bits per heavy atom. The standard InChI is InChI=1S/C18H24N4O3/c1-13-6-9-22(21-13)15-4-2-14(3-5-15)16(23)20-12-18(17(19)24)7-10-25-11-8-18/h2-5H,6-12H2,1H3,(H2,19,24)(H,20,23). The molecule has 7 heteroatoms. The van der Waals surface area contributed by atoms with E-state index in [0.717, 1.165) is 24.4 Å². The summed E-state index contributed by atoms with van der Waals surface area (Å²) in [7, 11) is 0. The molecule has 7 nitrogen and oxygen atoms in total. The van der Waals surface area contributed by atoms with Gasteiger partial charge in [0.25, 0.3) is 5.91 Å². The Kier molecular flexibility index (Phi) is 5.03. The van der Waals surface area contributed by atoms with E-state index in [1.54, 1.807) is 12.1 Å². The summed E-state index contributed by atoms with van der Waals surface area (Å²) in [5.74, 6) is -0.589. The van der Waals surface area contributed by atoms with Crippen molar-refractivity contribution in [2.75, 3.05) is 31.3 Å². The van der Waals surface area contributed by atoms with Crippen LogP contribution in [0.25, 0.3) is 0 Å². The van der Waals surface area contributed by atoms with Crippen LogP contribution in [0.15, 0.2) is 29.4 Å². The van der Waals surface area contributed by atoms with Crippen LogP contribution in [0.1, 0.15) is 36.5 Å². The molecule has 3 rings (SSSR count). The number of rotatable bonds is 5. The third-order valence-electron chi connectivity index (χ3n) is 4.96. The van der Waals surface area contributed by atoms with Gasteiger partial charge < -0.3 is 15.8 Å². The molecule has 0 radical (unpaired) electrons. The molecule has 2 aliphatic heterocycles. The van der Waals surface area contributed by atoms with Crippen LogP contribution in [-0.2, 0) is 9.53 Å². The SMILES string of the molecule is CC1=NN(c2ccc(C(=O)NCC3(C(N)=O)CCOCC3)cc2)CC1. The molecule has 0 unspecified atom stereocenters. The Bertz CT molecular complexity index is 678. The van der Waals surface area contributed by atoms with E-state index in [1.165, 1.54) is 0 Å². The van der Waals surface area contributed by atoms with E-state index in [1.807, 2.05) is 24.1 Å². The lowest BCUT2D eigenvalue weighted by atomic mass is 9.79. The molecule has 1 saturated heterocycles. The minimum Gasteiger partial charge on any atom is -0.381 e. The van der Waals surface area contributed by atoms with E-state index in [4.69, 9.17) is 10.5 Å². The maximum atomic E-state index is 12.4. The lowest BCUT2D eigenvalue weighted by molar-refractivity contribution is -0.132. The van der Waals surface area contributed by atoms with Gasteiger partial charge in [-0.25, -0.2) is 0 Å². The lowest BCUT2D eigenvalue weighted by Gasteiger charge is -2.34. The average molecular weight is 344 g/mol. The van der Waals surface area contributed by atoms with E-state index < -0.39 is 5.41 Å². The molecule has 2 heterocycles. The molecule has 2 aliphatic rings. The zero-order valence-electron chi connectivity index (χ0n) is 14.5. The first-order valence-electron chi connectivity index (χ1n) is 8.58. The Labute approximate surface area is 147 Å². The van der Waals surface area contributed by atoms with Crippen molar-refractivity contribution in [1.29, 1.82) is 0 Å². The molecule has 1 fully saturated rings. The van der Waals surface area contributed by atoms with E-state index in [0.29, 0.717) is 31.6 Å². The van der Waals surface area contributed by atoms with Crippen molar-refractivity contribution in [1.82, 2.24) is 5.32 Å². The first-order chi connectivity index (χ1) is 12.0. The smallest absolute Gasteiger partial charge is 0.251 e. The van der Waals surface area contributed by atoms with Gasteiger partial charge in [0, 0.05) is 44.0 Å². The second-order valence-electron chi connectivity index (χ2n) is 6.69. The van der Waals surface area contributed by atoms with Crippen LogP contribution in [0, 0.1) is 5.41 Å². The van der Waals surface area contributed by atoms with Crippen molar-refractivity contribution in [3.8, 4) is 0 Å². The summed E-state index contributed by atoms with van der Waals surface area (Å²) < 4.78 is 5.30. The highest BCUT2D eigenvalue weighted by atomic mass is 16.5. The molecule has 0 spiro atoms. The fraction of sp³-hybridized carbons (Fsp3) is 0.500. The number of benzene rings is 1. The van der Waals surface area contributed by atoms with Gasteiger partial charge in [-0.3, -0.25) is 14.6 Å². The summed E-state index contributed by atoms with van der Waals surface area (Å²) in [6.45, 7) is 4.09. The van der Waals surface area contributed by atoms with Crippen molar-refractivity contribution in [2.45, 2.75) is 26.2 Å². The first kappa shape index (κ1) is 17.4. The molecule has 1 aromatic rings. The highest BCUT2D eigenvalue weighted by molar-refractivity contribution is 5.95. The maximum absolute atomic E-state index is 12.4. The minimum atomic E-state index is -0.713. The number of nitrogens with two attached hydrogens (primary N) is 1. The van der Waals surface area contributed by atoms with Crippen LogP contribution in [-0.4, -0.2) is 43.8 Å². The van der Waals surface area contributed by atoms with Crippen LogP contribution < -0.4 is 16.1 Å². The Hall–Kier alpha value is -2.41. The Morgan fingerprint density at radius 3 is 2.52 bits per heavy atom. The average Bonchev–Trinajstić information content (AvgIpc) is 3.07. The summed E-state index contributed by atoms with van der Waals surface area (Å²) in [5, 5.41) is 9.23. The number of primary amides is 1. The molecule has 0 bridgehead atoms. The van der Waals surface area contributed by atoms with Crippen LogP contribution in [0.5, 0.6) is 0 Å². The van der Waals surface area contributed by atoms with Gasteiger partial charge in [-0.05, 0) is 44.0 Å². The summed E-state index contributed by atoms with van der Waals surface area (Å²) in [6, 6.07) is 7.31. The quantitative estimate of drug-likeness (QED) is 0.841. The zero-order chi connectivity index (χ0) is 17.9. The molecule has 0 saturated carbocycles. The van der Waals surface area contributed by atoms with E-state index in [-0.39, 0.29) is 18.4 Å². The third kappa shape index (κ3) is 3.82. The molecule has 0 aliphatic carbocycles. The second-order valence-corrected chi connectivity index (χ2v) is 6.69. The Morgan fingerprint density at radius 1 is 1.28 bits per heavy atom. The molecule has 134 valence electrons. The van der Waals surface area contributed by atoms with Gasteiger partial charge in [0.1, 0.15) is 0 Å². The van der Waals surface area contributed by atoms with Gasteiger partial charge in [0.15, 0.2) is 0 Å². The largest absolute Gasteiger partial charge is 0.381 e. The summed E-state index contributed by atoms with van der Waals surface area (Å²) >= 11 is 0. The number of amides is 2. The van der Waals surface area contributed by atoms with Crippen molar-refractivity contribution in [2.24, 2.45) is 16.3 Å². The topological polar surface area (TPSA) is 97.0 Å². The third-order valence-corrected chi connectivity index (χ3v) is 4.96. The van der Waals surface area contributed by atoms with Gasteiger partial charge in [-0.15, -0.1) is 0 Å². The predicted molar refractivity (Wildman–Crippen MR) is 95.5 cm³/mol. The van der Waals surface area contributed by atoms with E-state index in [9.17, 15) is 9.59 Å². The van der Waals surface area contributed by atoms with E-state index in [2.05, 4.69) is 10.4 Å². The number of anilines is 1. The molecule has 1 aromatic carbocycles. The minimum absolute atomic E-state index is 0.209. The number of nitrogens with one attached hydrogen (secondary N) is 1. The van der Waals surface area contributed by atoms with Crippen molar-refractivity contribution >= 4 is 23.2 Å². The monoisotopic (exact) mass is 344 g/mol. The number of hydrogen-bond donors (Lipinski definition) is 2. The summed E-state index contributed by atoms with van der Waals surface area (Å²) in [4.78, 5) is 24.2. The fourth-order valence-electron chi connectivity index (χ4n) is 3.17. The highest BCUT2D eigenvalue weighted by Gasteiger charge is 2.38. The first-order valence-corrected chi connectivity index (χ1v) is 8.58. The molecule has 3 N–H and O–H groups in total. The number of carbonyl (C=O) groups is 2. The maximum Gasteiger partial charge on any atom is 0.251 e. The molecule has 25 heavy (non-hydrogen) atoms. The summed E-state index contributed by atoms with van der Waals surface area (Å²) in [6.07, 6.45) is 2.03. The molecular formula is C18H24N4O3. The summed E-state index contributed by atoms with van der Waals surface area (Å²) in [5.41, 5.74) is 7.47. The van der Waals surface area contributed by atoms with Crippen LogP contribution in [0.2, 0.25) is 0 Å². The van der Waals surface area contributed by atoms with Gasteiger partial charge in [0.05, 0.1) is 11.1 Å². The molecular weight excluding hydrogens is 320 g/mol. The van der Waals surface area contributed by atoms with Gasteiger partial charge in [0.2, 0.25) is 5.91 Å². The van der Waals surface area contributed by atoms with Crippen molar-refractivity contribution < 1.29 is 14.3 Å². The Balaban J connectivity index is 1.62. The van der Waals surface area contributed by atoms with Gasteiger partial charge in [-0.1, -0.05) is 0 Å². The fourth-order valence-corrected chi connectivity index (χ4v) is 3.17. The molecule has 2 amide bonds.